The summed E-state index contributed by atoms with van der Waals surface area (Å²) in [6.07, 6.45) is 12.9. The average molecular weight is 223 g/mol. The molecule has 3 heteroatoms. The van der Waals surface area contributed by atoms with Gasteiger partial charge in [0.2, 0.25) is 0 Å². The van der Waals surface area contributed by atoms with Crippen molar-refractivity contribution in [3.8, 4) is 0 Å². The molecule has 0 aliphatic carbocycles. The number of allylic oxidation sites excluding steroid dienone is 2. The molecule has 3 nitrogen and oxygen atoms in total. The molecule has 1 heterocycles. The van der Waals surface area contributed by atoms with Crippen LogP contribution in [0.5, 0.6) is 0 Å². The van der Waals surface area contributed by atoms with E-state index in [1.807, 2.05) is 13.1 Å². The lowest BCUT2D eigenvalue weighted by Gasteiger charge is -2.26. The molecule has 0 spiro atoms. The molecule has 16 heavy (non-hydrogen) atoms. The van der Waals surface area contributed by atoms with E-state index in [0.717, 1.165) is 19.4 Å². The molecule has 0 amide bonds. The molecule has 0 saturated carbocycles. The third kappa shape index (κ3) is 4.45. The first-order valence-corrected chi connectivity index (χ1v) is 6.43. The van der Waals surface area contributed by atoms with Crippen LogP contribution in [0.15, 0.2) is 17.1 Å². The number of hydrogen-bond donors (Lipinski definition) is 1. The Morgan fingerprint density at radius 1 is 1.50 bits per heavy atom. The van der Waals surface area contributed by atoms with E-state index in [0.29, 0.717) is 6.17 Å². The lowest BCUT2D eigenvalue weighted by molar-refractivity contribution is 0.186. The summed E-state index contributed by atoms with van der Waals surface area (Å²) in [5, 5.41) is 0. The Bertz CT molecular complexity index is 233. The van der Waals surface area contributed by atoms with Crippen molar-refractivity contribution < 1.29 is 0 Å². The van der Waals surface area contributed by atoms with Crippen LogP contribution >= 0.6 is 0 Å². The second-order valence-corrected chi connectivity index (χ2v) is 4.44. The van der Waals surface area contributed by atoms with Gasteiger partial charge in [-0.3, -0.25) is 9.89 Å². The van der Waals surface area contributed by atoms with Gasteiger partial charge in [0.15, 0.2) is 0 Å². The SMILES string of the molecule is CCCC/C=C/CCC1N=CCN1C(C)N. The van der Waals surface area contributed by atoms with Gasteiger partial charge in [0, 0.05) is 12.8 Å². The number of nitrogens with zero attached hydrogens (tertiary/aromatic N) is 2. The monoisotopic (exact) mass is 223 g/mol. The maximum atomic E-state index is 5.89. The third-order valence-electron chi connectivity index (χ3n) is 2.96. The van der Waals surface area contributed by atoms with Gasteiger partial charge in [-0.15, -0.1) is 0 Å². The minimum Gasteiger partial charge on any atom is -0.316 e. The minimum absolute atomic E-state index is 0.108. The molecule has 2 N–H and O–H groups in total. The molecule has 0 bridgehead atoms. The van der Waals surface area contributed by atoms with Crippen molar-refractivity contribution in [3.63, 3.8) is 0 Å². The second kappa shape index (κ2) is 7.58. The van der Waals surface area contributed by atoms with Gasteiger partial charge in [0.1, 0.15) is 6.17 Å². The maximum Gasteiger partial charge on any atom is 0.103 e. The number of hydrogen-bond acceptors (Lipinski definition) is 3. The smallest absolute Gasteiger partial charge is 0.103 e. The van der Waals surface area contributed by atoms with Gasteiger partial charge >= 0.3 is 0 Å². The summed E-state index contributed by atoms with van der Waals surface area (Å²) in [5.74, 6) is 0. The molecule has 0 saturated heterocycles. The first-order valence-electron chi connectivity index (χ1n) is 6.43. The van der Waals surface area contributed by atoms with E-state index >= 15 is 0 Å². The van der Waals surface area contributed by atoms with Crippen LogP contribution < -0.4 is 5.73 Å². The third-order valence-corrected chi connectivity index (χ3v) is 2.96. The highest BCUT2D eigenvalue weighted by molar-refractivity contribution is 5.62. The highest BCUT2D eigenvalue weighted by atomic mass is 15.3. The van der Waals surface area contributed by atoms with E-state index < -0.39 is 0 Å². The van der Waals surface area contributed by atoms with Gasteiger partial charge in [-0.2, -0.15) is 0 Å². The second-order valence-electron chi connectivity index (χ2n) is 4.44. The summed E-state index contributed by atoms with van der Waals surface area (Å²) in [5.41, 5.74) is 5.89. The van der Waals surface area contributed by atoms with Crippen LogP contribution in [-0.4, -0.2) is 30.0 Å². The van der Waals surface area contributed by atoms with Gasteiger partial charge in [0.05, 0.1) is 6.17 Å². The predicted octanol–water partition coefficient (Wildman–Crippen LogP) is 2.53. The van der Waals surface area contributed by atoms with Gasteiger partial charge in [-0.05, 0) is 26.2 Å². The summed E-state index contributed by atoms with van der Waals surface area (Å²) in [4.78, 5) is 6.70. The van der Waals surface area contributed by atoms with E-state index in [1.165, 1.54) is 19.3 Å². The summed E-state index contributed by atoms with van der Waals surface area (Å²) in [6, 6.07) is 0. The van der Waals surface area contributed by atoms with E-state index in [-0.39, 0.29) is 6.17 Å². The molecule has 2 unspecified atom stereocenters. The van der Waals surface area contributed by atoms with Crippen LogP contribution in [-0.2, 0) is 0 Å². The molecule has 1 rings (SSSR count). The van der Waals surface area contributed by atoms with Crippen molar-refractivity contribution in [2.24, 2.45) is 10.7 Å². The Balaban J connectivity index is 2.17. The molecule has 1 aliphatic rings. The average Bonchev–Trinajstić information content (AvgIpc) is 2.71. The van der Waals surface area contributed by atoms with E-state index in [9.17, 15) is 0 Å². The maximum absolute atomic E-state index is 5.89. The van der Waals surface area contributed by atoms with E-state index in [2.05, 4.69) is 29.0 Å². The Kier molecular flexibility index (Phi) is 6.34. The highest BCUT2D eigenvalue weighted by Crippen LogP contribution is 2.14. The van der Waals surface area contributed by atoms with Crippen LogP contribution in [0.3, 0.4) is 0 Å². The van der Waals surface area contributed by atoms with Crippen molar-refractivity contribution in [3.05, 3.63) is 12.2 Å². The van der Waals surface area contributed by atoms with Crippen LogP contribution in [0.2, 0.25) is 0 Å². The van der Waals surface area contributed by atoms with Crippen molar-refractivity contribution in [1.29, 1.82) is 0 Å². The van der Waals surface area contributed by atoms with Crippen LogP contribution in [0.1, 0.15) is 46.0 Å². The first kappa shape index (κ1) is 13.4. The van der Waals surface area contributed by atoms with E-state index in [4.69, 9.17) is 5.73 Å². The molecular weight excluding hydrogens is 198 g/mol. The van der Waals surface area contributed by atoms with Gasteiger partial charge in [0.25, 0.3) is 0 Å². The Labute approximate surface area is 99.4 Å². The molecule has 0 radical (unpaired) electrons. The summed E-state index contributed by atoms with van der Waals surface area (Å²) in [7, 11) is 0. The standard InChI is InChI=1S/C13H25N3/c1-3-4-5-6-7-8-9-13-15-10-11-16(13)12(2)14/h6-7,10,12-13H,3-5,8-9,11,14H2,1-2H3/b7-6+. The van der Waals surface area contributed by atoms with E-state index in [1.54, 1.807) is 0 Å². The lowest BCUT2D eigenvalue weighted by Crippen LogP contribution is -2.43. The zero-order valence-corrected chi connectivity index (χ0v) is 10.6. The molecule has 2 atom stereocenters. The van der Waals surface area contributed by atoms with Crippen molar-refractivity contribution >= 4 is 6.21 Å². The van der Waals surface area contributed by atoms with Crippen molar-refractivity contribution in [2.45, 2.75) is 58.3 Å². The van der Waals surface area contributed by atoms with Crippen molar-refractivity contribution in [1.82, 2.24) is 4.90 Å². The fourth-order valence-corrected chi connectivity index (χ4v) is 1.95. The molecule has 0 aromatic heterocycles. The van der Waals surface area contributed by atoms with Gasteiger partial charge < -0.3 is 5.73 Å². The molecule has 0 aromatic carbocycles. The van der Waals surface area contributed by atoms with Crippen molar-refractivity contribution in [2.75, 3.05) is 6.54 Å². The quantitative estimate of drug-likeness (QED) is 0.532. The summed E-state index contributed by atoms with van der Waals surface area (Å²) < 4.78 is 0. The number of aliphatic imine (C=N–C) groups is 1. The zero-order valence-electron chi connectivity index (χ0n) is 10.6. The first-order chi connectivity index (χ1) is 7.75. The number of rotatable bonds is 7. The molecule has 0 aromatic rings. The van der Waals surface area contributed by atoms with Gasteiger partial charge in [-0.1, -0.05) is 31.9 Å². The Morgan fingerprint density at radius 2 is 2.25 bits per heavy atom. The van der Waals surface area contributed by atoms with Crippen LogP contribution in [0.25, 0.3) is 0 Å². The Hall–Kier alpha value is -0.670. The summed E-state index contributed by atoms with van der Waals surface area (Å²) in [6.45, 7) is 5.16. The highest BCUT2D eigenvalue weighted by Gasteiger charge is 2.22. The summed E-state index contributed by atoms with van der Waals surface area (Å²) >= 11 is 0. The normalized spacial score (nSPS) is 23.3. The fourth-order valence-electron chi connectivity index (χ4n) is 1.95. The molecular formula is C13H25N3. The van der Waals surface area contributed by atoms with Crippen LogP contribution in [0, 0.1) is 0 Å². The fraction of sp³-hybridized carbons (Fsp3) is 0.769. The largest absolute Gasteiger partial charge is 0.316 e. The molecule has 1 aliphatic heterocycles. The minimum atomic E-state index is 0.108. The zero-order chi connectivity index (χ0) is 11.8. The van der Waals surface area contributed by atoms with Crippen LogP contribution in [0.4, 0.5) is 0 Å². The number of nitrogens with two attached hydrogens (primary N) is 1. The molecule has 0 fully saturated rings. The predicted molar refractivity (Wildman–Crippen MR) is 70.5 cm³/mol. The molecule has 92 valence electrons. The van der Waals surface area contributed by atoms with Gasteiger partial charge in [-0.25, -0.2) is 0 Å². The Morgan fingerprint density at radius 3 is 2.94 bits per heavy atom. The number of unbranched alkanes of at least 4 members (excludes halogenated alkanes) is 2. The topological polar surface area (TPSA) is 41.6 Å². The lowest BCUT2D eigenvalue weighted by atomic mass is 10.2.